The third-order valence-electron chi connectivity index (χ3n) is 4.57. The zero-order chi connectivity index (χ0) is 22.4. The predicted octanol–water partition coefficient (Wildman–Crippen LogP) is 5.51. The highest BCUT2D eigenvalue weighted by molar-refractivity contribution is 6.33. The van der Waals surface area contributed by atoms with Crippen molar-refractivity contribution in [3.63, 3.8) is 0 Å². The minimum atomic E-state index is -1.21. The second kappa shape index (κ2) is 9.91. The molecule has 0 saturated carbocycles. The fourth-order valence-electron chi connectivity index (χ4n) is 3.09. The van der Waals surface area contributed by atoms with Crippen LogP contribution in [0.25, 0.3) is 11.1 Å². The molecule has 0 atom stereocenters. The van der Waals surface area contributed by atoms with Crippen molar-refractivity contribution in [2.45, 2.75) is 6.42 Å². The van der Waals surface area contributed by atoms with Gasteiger partial charge in [-0.3, -0.25) is 4.79 Å². The highest BCUT2D eigenvalue weighted by Gasteiger charge is 2.21. The van der Waals surface area contributed by atoms with E-state index in [2.05, 4.69) is 5.32 Å². The summed E-state index contributed by atoms with van der Waals surface area (Å²) in [6.45, 7) is 0. The molecule has 0 spiro atoms. The molecule has 0 heterocycles. The number of carboxylic acid groups (broad SMARTS) is 1. The number of rotatable bonds is 7. The van der Waals surface area contributed by atoms with Crippen molar-refractivity contribution in [1.82, 2.24) is 0 Å². The quantitative estimate of drug-likeness (QED) is 0.376. The number of carboxylic acids is 1. The first-order chi connectivity index (χ1) is 14.9. The first-order valence-corrected chi connectivity index (χ1v) is 9.68. The molecule has 0 bridgehead atoms. The molecule has 7 heteroatoms. The van der Waals surface area contributed by atoms with Crippen molar-refractivity contribution < 1.29 is 23.8 Å². The lowest BCUT2D eigenvalue weighted by molar-refractivity contribution is -0.130. The number of hydrogen-bond acceptors (Lipinski definition) is 3. The van der Waals surface area contributed by atoms with Crippen molar-refractivity contribution in [3.05, 3.63) is 94.8 Å². The van der Waals surface area contributed by atoms with E-state index in [1.54, 1.807) is 48.5 Å². The van der Waals surface area contributed by atoms with Gasteiger partial charge in [-0.25, -0.2) is 9.18 Å². The van der Waals surface area contributed by atoms with Crippen LogP contribution in [0.15, 0.2) is 72.8 Å². The normalized spacial score (nSPS) is 11.5. The van der Waals surface area contributed by atoms with Crippen LogP contribution in [0.4, 0.5) is 10.1 Å². The molecule has 0 aromatic heterocycles. The molecule has 3 aromatic carbocycles. The molecule has 0 radical (unpaired) electrons. The van der Waals surface area contributed by atoms with E-state index in [1.807, 2.05) is 0 Å². The van der Waals surface area contributed by atoms with Crippen molar-refractivity contribution in [3.8, 4) is 5.75 Å². The van der Waals surface area contributed by atoms with Crippen LogP contribution >= 0.6 is 11.6 Å². The van der Waals surface area contributed by atoms with Crippen LogP contribution in [0.1, 0.15) is 17.5 Å². The van der Waals surface area contributed by atoms with E-state index in [1.165, 1.54) is 31.4 Å². The molecule has 158 valence electrons. The van der Waals surface area contributed by atoms with Gasteiger partial charge in [-0.1, -0.05) is 48.0 Å². The smallest absolute Gasteiger partial charge is 0.336 e. The average molecular weight is 440 g/mol. The molecule has 1 amide bonds. The van der Waals surface area contributed by atoms with Gasteiger partial charge in [-0.05, 0) is 53.1 Å². The molecule has 3 rings (SSSR count). The third kappa shape index (κ3) is 5.49. The Morgan fingerprint density at radius 2 is 1.58 bits per heavy atom. The number of halogens is 2. The summed E-state index contributed by atoms with van der Waals surface area (Å²) in [5.74, 6) is -1.58. The summed E-state index contributed by atoms with van der Waals surface area (Å²) in [4.78, 5) is 25.0. The number of hydrogen-bond donors (Lipinski definition) is 2. The Morgan fingerprint density at radius 3 is 2.16 bits per heavy atom. The van der Waals surface area contributed by atoms with Crippen LogP contribution in [0.2, 0.25) is 5.02 Å². The molecule has 0 aliphatic rings. The average Bonchev–Trinajstić information content (AvgIpc) is 2.76. The first-order valence-electron chi connectivity index (χ1n) is 9.30. The van der Waals surface area contributed by atoms with Gasteiger partial charge in [0, 0.05) is 0 Å². The summed E-state index contributed by atoms with van der Waals surface area (Å²) in [5.41, 5.74) is 1.39. The number of ether oxygens (including phenoxy) is 1. The minimum absolute atomic E-state index is 0.0661. The maximum Gasteiger partial charge on any atom is 0.336 e. The van der Waals surface area contributed by atoms with Gasteiger partial charge in [0.1, 0.15) is 11.6 Å². The number of nitrogens with one attached hydrogen (secondary N) is 1. The van der Waals surface area contributed by atoms with Gasteiger partial charge in [0.05, 0.1) is 29.8 Å². The second-order valence-corrected chi connectivity index (χ2v) is 7.01. The molecular formula is C24H19ClFNO4. The van der Waals surface area contributed by atoms with Crippen LogP contribution in [0.3, 0.4) is 0 Å². The fraction of sp³-hybridized carbons (Fsp3) is 0.0833. The van der Waals surface area contributed by atoms with E-state index in [4.69, 9.17) is 16.3 Å². The lowest BCUT2D eigenvalue weighted by atomic mass is 9.92. The second-order valence-electron chi connectivity index (χ2n) is 6.60. The number of methoxy groups -OCH3 is 1. The van der Waals surface area contributed by atoms with Gasteiger partial charge < -0.3 is 15.2 Å². The maximum atomic E-state index is 13.5. The standard InChI is InChI=1S/C24H19ClFNO4/c1-31-18-12-8-16(9-13-18)23(24(29)30)19(15-6-10-17(26)11-7-15)14-22(28)27-21-5-3-2-4-20(21)25/h2-13H,14H2,1H3,(H,27,28)(H,29,30). The zero-order valence-electron chi connectivity index (χ0n) is 16.6. The molecule has 3 aromatic rings. The van der Waals surface area contributed by atoms with Gasteiger partial charge in [0.2, 0.25) is 5.91 Å². The number of amides is 1. The fourth-order valence-corrected chi connectivity index (χ4v) is 3.27. The molecule has 31 heavy (non-hydrogen) atoms. The molecule has 0 unspecified atom stereocenters. The van der Waals surface area contributed by atoms with Crippen LogP contribution in [0, 0.1) is 5.82 Å². The summed E-state index contributed by atoms with van der Waals surface area (Å²) < 4.78 is 18.6. The molecular weight excluding hydrogens is 421 g/mol. The third-order valence-corrected chi connectivity index (χ3v) is 4.90. The summed E-state index contributed by atoms with van der Waals surface area (Å²) >= 11 is 6.10. The Hall–Kier alpha value is -3.64. The van der Waals surface area contributed by atoms with E-state index in [0.29, 0.717) is 27.6 Å². The molecule has 0 aliphatic heterocycles. The summed E-state index contributed by atoms with van der Waals surface area (Å²) in [6.07, 6.45) is -0.259. The number of anilines is 1. The van der Waals surface area contributed by atoms with Gasteiger partial charge in [-0.15, -0.1) is 0 Å². The van der Waals surface area contributed by atoms with Crippen LogP contribution in [-0.2, 0) is 9.59 Å². The number of carbonyl (C=O) groups is 2. The zero-order valence-corrected chi connectivity index (χ0v) is 17.3. The van der Waals surface area contributed by atoms with Crippen molar-refractivity contribution in [2.75, 3.05) is 12.4 Å². The van der Waals surface area contributed by atoms with Crippen molar-refractivity contribution in [2.24, 2.45) is 0 Å². The Morgan fingerprint density at radius 1 is 0.968 bits per heavy atom. The first kappa shape index (κ1) is 22.1. The summed E-state index contributed by atoms with van der Waals surface area (Å²) in [7, 11) is 1.51. The van der Waals surface area contributed by atoms with E-state index in [-0.39, 0.29) is 17.6 Å². The Bertz CT molecular complexity index is 1130. The summed E-state index contributed by atoms with van der Waals surface area (Å²) in [6, 6.07) is 18.5. The van der Waals surface area contributed by atoms with Gasteiger partial charge in [-0.2, -0.15) is 0 Å². The minimum Gasteiger partial charge on any atom is -0.497 e. The van der Waals surface area contributed by atoms with Crippen molar-refractivity contribution >= 4 is 40.3 Å². The molecule has 2 N–H and O–H groups in total. The van der Waals surface area contributed by atoms with Crippen molar-refractivity contribution in [1.29, 1.82) is 0 Å². The highest BCUT2D eigenvalue weighted by atomic mass is 35.5. The molecule has 5 nitrogen and oxygen atoms in total. The molecule has 0 saturated heterocycles. The predicted molar refractivity (Wildman–Crippen MR) is 119 cm³/mol. The maximum absolute atomic E-state index is 13.5. The van der Waals surface area contributed by atoms with E-state index < -0.39 is 17.7 Å². The van der Waals surface area contributed by atoms with E-state index in [9.17, 15) is 19.1 Å². The molecule has 0 fully saturated rings. The van der Waals surface area contributed by atoms with E-state index in [0.717, 1.165) is 0 Å². The largest absolute Gasteiger partial charge is 0.497 e. The van der Waals surface area contributed by atoms with Crippen LogP contribution in [-0.4, -0.2) is 24.1 Å². The monoisotopic (exact) mass is 439 g/mol. The lowest BCUT2D eigenvalue weighted by Gasteiger charge is -2.15. The Labute approximate surface area is 183 Å². The summed E-state index contributed by atoms with van der Waals surface area (Å²) in [5, 5.41) is 13.0. The van der Waals surface area contributed by atoms with E-state index >= 15 is 0 Å². The number of aliphatic carboxylic acids is 1. The molecule has 0 aliphatic carbocycles. The SMILES string of the molecule is COc1ccc(C(C(=O)O)=C(CC(=O)Nc2ccccc2Cl)c2ccc(F)cc2)cc1. The van der Waals surface area contributed by atoms with Crippen LogP contribution < -0.4 is 10.1 Å². The lowest BCUT2D eigenvalue weighted by Crippen LogP contribution is -2.14. The number of benzene rings is 3. The topological polar surface area (TPSA) is 75.6 Å². The highest BCUT2D eigenvalue weighted by Crippen LogP contribution is 2.31. The van der Waals surface area contributed by atoms with Gasteiger partial charge >= 0.3 is 5.97 Å². The van der Waals surface area contributed by atoms with Gasteiger partial charge in [0.25, 0.3) is 0 Å². The van der Waals surface area contributed by atoms with Gasteiger partial charge in [0.15, 0.2) is 0 Å². The Balaban J connectivity index is 2.07. The number of carbonyl (C=O) groups excluding carboxylic acids is 1. The van der Waals surface area contributed by atoms with Crippen LogP contribution in [0.5, 0.6) is 5.75 Å². The Kier molecular flexibility index (Phi) is 7.05. The number of para-hydroxylation sites is 1.